The first kappa shape index (κ1) is 12.4. The van der Waals surface area contributed by atoms with Gasteiger partial charge in [-0.25, -0.2) is 9.37 Å². The van der Waals surface area contributed by atoms with Crippen molar-refractivity contribution in [3.8, 4) is 5.75 Å². The number of ether oxygens (including phenoxy) is 1. The van der Waals surface area contributed by atoms with Crippen molar-refractivity contribution in [1.82, 2.24) is 9.55 Å². The zero-order chi connectivity index (χ0) is 13.1. The molecule has 2 rings (SSSR count). The van der Waals surface area contributed by atoms with Crippen molar-refractivity contribution in [1.29, 1.82) is 0 Å². The van der Waals surface area contributed by atoms with E-state index >= 15 is 0 Å². The molecule has 0 aliphatic heterocycles. The standard InChI is InChI=1S/C13H16FN3O/c1-9(2)17-7-6-15-13(17)16-12-8-10(18-3)4-5-11(12)14/h4-9H,1-3H3,(H,15,16). The van der Waals surface area contributed by atoms with Gasteiger partial charge in [0.25, 0.3) is 0 Å². The van der Waals surface area contributed by atoms with Gasteiger partial charge in [0.05, 0.1) is 12.8 Å². The number of imidazole rings is 1. The predicted molar refractivity (Wildman–Crippen MR) is 68.8 cm³/mol. The first-order valence-corrected chi connectivity index (χ1v) is 5.75. The molecule has 0 unspecified atom stereocenters. The molecule has 96 valence electrons. The van der Waals surface area contributed by atoms with E-state index in [2.05, 4.69) is 10.3 Å². The molecule has 0 amide bonds. The van der Waals surface area contributed by atoms with E-state index in [0.717, 1.165) is 0 Å². The largest absolute Gasteiger partial charge is 0.497 e. The van der Waals surface area contributed by atoms with Gasteiger partial charge in [-0.15, -0.1) is 0 Å². The Kier molecular flexibility index (Phi) is 3.50. The predicted octanol–water partition coefficient (Wildman–Crippen LogP) is 3.36. The number of anilines is 2. The molecule has 1 aromatic heterocycles. The summed E-state index contributed by atoms with van der Waals surface area (Å²) in [5, 5.41) is 2.97. The number of rotatable bonds is 4. The van der Waals surface area contributed by atoms with Crippen LogP contribution in [0.15, 0.2) is 30.6 Å². The van der Waals surface area contributed by atoms with Gasteiger partial charge in [-0.05, 0) is 26.0 Å². The van der Waals surface area contributed by atoms with Crippen molar-refractivity contribution < 1.29 is 9.13 Å². The molecular formula is C13H16FN3O. The van der Waals surface area contributed by atoms with Gasteiger partial charge in [0.1, 0.15) is 11.6 Å². The maximum atomic E-state index is 13.7. The third-order valence-corrected chi connectivity index (χ3v) is 2.64. The lowest BCUT2D eigenvalue weighted by Crippen LogP contribution is -2.06. The summed E-state index contributed by atoms with van der Waals surface area (Å²) in [4.78, 5) is 4.17. The number of hydrogen-bond acceptors (Lipinski definition) is 3. The van der Waals surface area contributed by atoms with Crippen LogP contribution in [0.2, 0.25) is 0 Å². The van der Waals surface area contributed by atoms with Crippen LogP contribution >= 0.6 is 0 Å². The second-order valence-electron chi connectivity index (χ2n) is 4.22. The molecule has 0 atom stereocenters. The maximum Gasteiger partial charge on any atom is 0.207 e. The number of nitrogens with zero attached hydrogens (tertiary/aromatic N) is 2. The molecule has 1 heterocycles. The average Bonchev–Trinajstić information content (AvgIpc) is 2.80. The van der Waals surface area contributed by atoms with Crippen LogP contribution in [0.1, 0.15) is 19.9 Å². The Morgan fingerprint density at radius 3 is 2.83 bits per heavy atom. The summed E-state index contributed by atoms with van der Waals surface area (Å²) in [5.41, 5.74) is 0.349. The van der Waals surface area contributed by atoms with Crippen molar-refractivity contribution in [2.45, 2.75) is 19.9 Å². The molecule has 0 aliphatic carbocycles. The van der Waals surface area contributed by atoms with E-state index in [4.69, 9.17) is 4.74 Å². The van der Waals surface area contributed by atoms with Crippen molar-refractivity contribution in [3.05, 3.63) is 36.4 Å². The third kappa shape index (κ3) is 2.45. The first-order valence-electron chi connectivity index (χ1n) is 5.75. The van der Waals surface area contributed by atoms with E-state index in [1.165, 1.54) is 6.07 Å². The van der Waals surface area contributed by atoms with Crippen molar-refractivity contribution in [2.75, 3.05) is 12.4 Å². The van der Waals surface area contributed by atoms with Crippen LogP contribution in [0.4, 0.5) is 16.0 Å². The molecule has 4 nitrogen and oxygen atoms in total. The lowest BCUT2D eigenvalue weighted by molar-refractivity contribution is 0.414. The fraction of sp³-hybridized carbons (Fsp3) is 0.308. The van der Waals surface area contributed by atoms with E-state index in [0.29, 0.717) is 17.4 Å². The quantitative estimate of drug-likeness (QED) is 0.903. The number of methoxy groups -OCH3 is 1. The normalized spacial score (nSPS) is 10.7. The highest BCUT2D eigenvalue weighted by Crippen LogP contribution is 2.25. The minimum Gasteiger partial charge on any atom is -0.497 e. The molecule has 1 aromatic carbocycles. The van der Waals surface area contributed by atoms with Crippen LogP contribution in [-0.4, -0.2) is 16.7 Å². The van der Waals surface area contributed by atoms with Crippen molar-refractivity contribution in [3.63, 3.8) is 0 Å². The third-order valence-electron chi connectivity index (χ3n) is 2.64. The van der Waals surface area contributed by atoms with Gasteiger partial charge in [-0.1, -0.05) is 0 Å². The molecule has 5 heteroatoms. The fourth-order valence-electron chi connectivity index (χ4n) is 1.67. The SMILES string of the molecule is COc1ccc(F)c(Nc2nccn2C(C)C)c1. The summed E-state index contributed by atoms with van der Waals surface area (Å²) in [6, 6.07) is 4.80. The Balaban J connectivity index is 2.30. The van der Waals surface area contributed by atoms with Gasteiger partial charge >= 0.3 is 0 Å². The van der Waals surface area contributed by atoms with Crippen LogP contribution in [0.5, 0.6) is 5.75 Å². The summed E-state index contributed by atoms with van der Waals surface area (Å²) < 4.78 is 20.7. The molecule has 0 aliphatic rings. The van der Waals surface area contributed by atoms with Crippen molar-refractivity contribution >= 4 is 11.6 Å². The maximum absolute atomic E-state index is 13.7. The smallest absolute Gasteiger partial charge is 0.207 e. The number of benzene rings is 1. The van der Waals surface area contributed by atoms with E-state index in [9.17, 15) is 4.39 Å². The lowest BCUT2D eigenvalue weighted by Gasteiger charge is -2.13. The summed E-state index contributed by atoms with van der Waals surface area (Å²) in [6.07, 6.45) is 3.53. The summed E-state index contributed by atoms with van der Waals surface area (Å²) in [7, 11) is 1.55. The van der Waals surface area contributed by atoms with Crippen LogP contribution in [0, 0.1) is 5.82 Å². The van der Waals surface area contributed by atoms with E-state index in [1.807, 2.05) is 24.6 Å². The van der Waals surface area contributed by atoms with Crippen molar-refractivity contribution in [2.24, 2.45) is 0 Å². The number of aromatic nitrogens is 2. The molecule has 18 heavy (non-hydrogen) atoms. The topological polar surface area (TPSA) is 39.1 Å². The van der Waals surface area contributed by atoms with Crippen LogP contribution in [-0.2, 0) is 0 Å². The van der Waals surface area contributed by atoms with Crippen LogP contribution in [0.3, 0.4) is 0 Å². The number of nitrogens with one attached hydrogen (secondary N) is 1. The van der Waals surface area contributed by atoms with Crippen LogP contribution < -0.4 is 10.1 Å². The second kappa shape index (κ2) is 5.08. The van der Waals surface area contributed by atoms with Gasteiger partial charge in [-0.3, -0.25) is 0 Å². The highest BCUT2D eigenvalue weighted by Gasteiger charge is 2.09. The molecule has 0 saturated carbocycles. The minimum absolute atomic E-state index is 0.253. The first-order chi connectivity index (χ1) is 8.61. The molecule has 1 N–H and O–H groups in total. The Labute approximate surface area is 105 Å². The average molecular weight is 249 g/mol. The molecular weight excluding hydrogens is 233 g/mol. The van der Waals surface area contributed by atoms with Crippen LogP contribution in [0.25, 0.3) is 0 Å². The van der Waals surface area contributed by atoms with E-state index in [-0.39, 0.29) is 11.9 Å². The molecule has 2 aromatic rings. The van der Waals surface area contributed by atoms with E-state index in [1.54, 1.807) is 25.4 Å². The Bertz CT molecular complexity index is 537. The van der Waals surface area contributed by atoms with Gasteiger partial charge < -0.3 is 14.6 Å². The Morgan fingerprint density at radius 2 is 2.17 bits per heavy atom. The Hall–Kier alpha value is -2.04. The minimum atomic E-state index is -0.339. The molecule has 0 bridgehead atoms. The zero-order valence-corrected chi connectivity index (χ0v) is 10.6. The van der Waals surface area contributed by atoms with Gasteiger partial charge in [0.2, 0.25) is 5.95 Å². The highest BCUT2D eigenvalue weighted by atomic mass is 19.1. The van der Waals surface area contributed by atoms with Gasteiger partial charge in [-0.2, -0.15) is 0 Å². The second-order valence-corrected chi connectivity index (χ2v) is 4.22. The fourth-order valence-corrected chi connectivity index (χ4v) is 1.67. The summed E-state index contributed by atoms with van der Waals surface area (Å²) >= 11 is 0. The van der Waals surface area contributed by atoms with E-state index < -0.39 is 0 Å². The molecule has 0 fully saturated rings. The summed E-state index contributed by atoms with van der Waals surface area (Å²) in [5.74, 6) is 0.868. The summed E-state index contributed by atoms with van der Waals surface area (Å²) in [6.45, 7) is 4.07. The van der Waals surface area contributed by atoms with Gasteiger partial charge in [0, 0.05) is 24.5 Å². The Morgan fingerprint density at radius 1 is 1.39 bits per heavy atom. The molecule has 0 saturated heterocycles. The highest BCUT2D eigenvalue weighted by molar-refractivity contribution is 5.57. The molecule has 0 spiro atoms. The van der Waals surface area contributed by atoms with Gasteiger partial charge in [0.15, 0.2) is 0 Å². The molecule has 0 radical (unpaired) electrons. The monoisotopic (exact) mass is 249 g/mol. The number of hydrogen-bond donors (Lipinski definition) is 1. The lowest BCUT2D eigenvalue weighted by atomic mass is 10.3. The zero-order valence-electron chi connectivity index (χ0n) is 10.6. The number of halogens is 1.